The van der Waals surface area contributed by atoms with Crippen LogP contribution in [0.5, 0.6) is 0 Å². The number of hydrogen-bond acceptors (Lipinski definition) is 4. The number of rotatable bonds is 5. The lowest BCUT2D eigenvalue weighted by molar-refractivity contribution is -0.139. The molecule has 1 N–H and O–H groups in total. The second kappa shape index (κ2) is 9.15. The van der Waals surface area contributed by atoms with Gasteiger partial charge in [0.05, 0.1) is 16.5 Å². The number of aryl methyl sites for hydroxylation is 1. The molecule has 2 aliphatic rings. The maximum absolute atomic E-state index is 13.0. The van der Waals surface area contributed by atoms with Gasteiger partial charge in [0.15, 0.2) is 0 Å². The maximum Gasteiger partial charge on any atom is 0.417 e. The van der Waals surface area contributed by atoms with Crippen molar-refractivity contribution in [2.75, 3.05) is 24.5 Å². The Kier molecular flexibility index (Phi) is 6.66. The van der Waals surface area contributed by atoms with Crippen molar-refractivity contribution in [3.8, 4) is 0 Å². The Morgan fingerprint density at radius 1 is 1.22 bits per heavy atom. The highest BCUT2D eigenvalue weighted by Crippen LogP contribution is 2.39. The second-order valence-corrected chi connectivity index (χ2v) is 9.72. The van der Waals surface area contributed by atoms with E-state index in [1.807, 2.05) is 18.2 Å². The summed E-state index contributed by atoms with van der Waals surface area (Å²) in [6.45, 7) is 4.15. The van der Waals surface area contributed by atoms with Crippen LogP contribution in [0.15, 0.2) is 41.3 Å². The van der Waals surface area contributed by atoms with Crippen LogP contribution in [0.2, 0.25) is 5.02 Å². The van der Waals surface area contributed by atoms with Crippen LogP contribution in [-0.2, 0) is 17.4 Å². The first-order chi connectivity index (χ1) is 15.2. The van der Waals surface area contributed by atoms with Crippen LogP contribution in [-0.4, -0.2) is 41.1 Å². The van der Waals surface area contributed by atoms with Crippen LogP contribution in [0.25, 0.3) is 0 Å². The smallest absolute Gasteiger partial charge is 0.417 e. The van der Waals surface area contributed by atoms with E-state index in [1.165, 1.54) is 12.1 Å². The molecule has 0 amide bonds. The number of fused-ring (bicyclic) bond motifs is 1. The van der Waals surface area contributed by atoms with E-state index in [9.17, 15) is 23.1 Å². The summed E-state index contributed by atoms with van der Waals surface area (Å²) < 4.78 is 41.3. The minimum Gasteiger partial charge on any atom is -0.481 e. The first kappa shape index (κ1) is 23.3. The van der Waals surface area contributed by atoms with Gasteiger partial charge < -0.3 is 10.0 Å². The van der Waals surface area contributed by atoms with Crippen LogP contribution in [0.3, 0.4) is 0 Å². The highest BCUT2D eigenvalue weighted by Gasteiger charge is 2.34. The molecule has 1 saturated heterocycles. The molecule has 0 saturated carbocycles. The van der Waals surface area contributed by atoms with E-state index < -0.39 is 23.6 Å². The van der Waals surface area contributed by atoms with E-state index in [2.05, 4.69) is 16.1 Å². The quantitative estimate of drug-likeness (QED) is 0.521. The second-order valence-electron chi connectivity index (χ2n) is 8.19. The number of hydrogen-bond donors (Lipinski definition) is 1. The van der Waals surface area contributed by atoms with Gasteiger partial charge in [0.1, 0.15) is 0 Å². The van der Waals surface area contributed by atoms with Crippen LogP contribution in [0, 0.1) is 0 Å². The zero-order valence-corrected chi connectivity index (χ0v) is 19.1. The van der Waals surface area contributed by atoms with Gasteiger partial charge in [0, 0.05) is 36.3 Å². The molecule has 9 heteroatoms. The van der Waals surface area contributed by atoms with Crippen molar-refractivity contribution in [2.24, 2.45) is 0 Å². The molecular weight excluding hydrogens is 461 g/mol. The van der Waals surface area contributed by atoms with Crippen LogP contribution < -0.4 is 4.90 Å². The lowest BCUT2D eigenvalue weighted by atomic mass is 10.0. The highest BCUT2D eigenvalue weighted by atomic mass is 35.5. The Hall–Kier alpha value is -1.90. The number of piperazine rings is 1. The Morgan fingerprint density at radius 3 is 2.66 bits per heavy atom. The number of benzene rings is 2. The van der Waals surface area contributed by atoms with Crippen LogP contribution in [0.1, 0.15) is 42.4 Å². The summed E-state index contributed by atoms with van der Waals surface area (Å²) in [5.41, 5.74) is 1.89. The standard InChI is InChI=1S/C23H24ClF3N2O2S/c1-2-15-13-28(16-5-8-20(21(24)11-16)23(25,26)27)9-10-29(15)32-17-6-3-14-4-7-18(22(30)31)19(14)12-17/h3,5-6,8,11-12,15,18H,2,4,7,9-10,13H2,1H3,(H,30,31). The summed E-state index contributed by atoms with van der Waals surface area (Å²) in [7, 11) is 0. The third kappa shape index (κ3) is 4.72. The normalized spacial score (nSPS) is 21.6. The zero-order valence-electron chi connectivity index (χ0n) is 17.5. The zero-order chi connectivity index (χ0) is 23.0. The third-order valence-electron chi connectivity index (χ3n) is 6.24. The number of alkyl halides is 3. The summed E-state index contributed by atoms with van der Waals surface area (Å²) in [6, 6.07) is 10.2. The summed E-state index contributed by atoms with van der Waals surface area (Å²) >= 11 is 7.54. The topological polar surface area (TPSA) is 43.8 Å². The summed E-state index contributed by atoms with van der Waals surface area (Å²) in [4.78, 5) is 14.6. The van der Waals surface area contributed by atoms with Gasteiger partial charge in [-0.2, -0.15) is 13.2 Å². The fourth-order valence-corrected chi connectivity index (χ4v) is 5.88. The average Bonchev–Trinajstić information content (AvgIpc) is 3.16. The van der Waals surface area contributed by atoms with Crippen molar-refractivity contribution < 1.29 is 23.1 Å². The molecule has 2 unspecified atom stereocenters. The number of halogens is 4. The molecule has 4 rings (SSSR count). The maximum atomic E-state index is 13.0. The molecule has 2 aromatic rings. The van der Waals surface area contributed by atoms with Gasteiger partial charge in [-0.05, 0) is 72.7 Å². The molecular formula is C23H24ClF3N2O2S. The van der Waals surface area contributed by atoms with Gasteiger partial charge in [-0.3, -0.25) is 4.79 Å². The SMILES string of the molecule is CCC1CN(c2ccc(C(F)(F)F)c(Cl)c2)CCN1Sc1ccc2c(c1)C(C(=O)O)CC2. The molecule has 1 heterocycles. The third-order valence-corrected chi connectivity index (χ3v) is 7.73. The highest BCUT2D eigenvalue weighted by molar-refractivity contribution is 7.97. The first-order valence-electron chi connectivity index (χ1n) is 10.6. The molecule has 4 nitrogen and oxygen atoms in total. The molecule has 0 bridgehead atoms. The Labute approximate surface area is 194 Å². The van der Waals surface area contributed by atoms with E-state index in [-0.39, 0.29) is 11.1 Å². The average molecular weight is 485 g/mol. The summed E-state index contributed by atoms with van der Waals surface area (Å²) in [6.07, 6.45) is -2.15. The van der Waals surface area contributed by atoms with Crippen molar-refractivity contribution in [1.82, 2.24) is 4.31 Å². The van der Waals surface area contributed by atoms with Gasteiger partial charge in [-0.25, -0.2) is 4.31 Å². The van der Waals surface area contributed by atoms with Gasteiger partial charge in [0.2, 0.25) is 0 Å². The lowest BCUT2D eigenvalue weighted by Gasteiger charge is -2.41. The first-order valence-corrected chi connectivity index (χ1v) is 11.7. The van der Waals surface area contributed by atoms with Gasteiger partial charge in [-0.15, -0.1) is 0 Å². The largest absolute Gasteiger partial charge is 0.481 e. The number of carboxylic acids is 1. The van der Waals surface area contributed by atoms with E-state index in [1.54, 1.807) is 11.9 Å². The number of carboxylic acid groups (broad SMARTS) is 1. The van der Waals surface area contributed by atoms with Gasteiger partial charge >= 0.3 is 12.1 Å². The Balaban J connectivity index is 1.47. The van der Waals surface area contributed by atoms with E-state index in [4.69, 9.17) is 11.6 Å². The molecule has 1 aliphatic carbocycles. The number of anilines is 1. The summed E-state index contributed by atoms with van der Waals surface area (Å²) in [5.74, 6) is -1.21. The molecule has 2 atom stereocenters. The number of nitrogens with zero attached hydrogens (tertiary/aromatic N) is 2. The van der Waals surface area contributed by atoms with Crippen molar-refractivity contribution in [3.63, 3.8) is 0 Å². The molecule has 0 radical (unpaired) electrons. The Bertz CT molecular complexity index is 1020. The van der Waals surface area contributed by atoms with Gasteiger partial charge in [-0.1, -0.05) is 24.6 Å². The summed E-state index contributed by atoms with van der Waals surface area (Å²) in [5, 5.41) is 9.19. The molecule has 0 spiro atoms. The monoisotopic (exact) mass is 484 g/mol. The van der Waals surface area contributed by atoms with Crippen molar-refractivity contribution in [2.45, 2.75) is 49.2 Å². The molecule has 172 valence electrons. The fraction of sp³-hybridized carbons (Fsp3) is 0.435. The van der Waals surface area contributed by atoms with E-state index in [0.717, 1.165) is 41.5 Å². The van der Waals surface area contributed by atoms with Crippen LogP contribution >= 0.6 is 23.5 Å². The van der Waals surface area contributed by atoms with Crippen LogP contribution in [0.4, 0.5) is 18.9 Å². The lowest BCUT2D eigenvalue weighted by Crippen LogP contribution is -2.50. The van der Waals surface area contributed by atoms with E-state index in [0.29, 0.717) is 25.2 Å². The molecule has 1 aliphatic heterocycles. The van der Waals surface area contributed by atoms with Crippen molar-refractivity contribution in [1.29, 1.82) is 0 Å². The molecule has 2 aromatic carbocycles. The van der Waals surface area contributed by atoms with E-state index >= 15 is 0 Å². The molecule has 1 fully saturated rings. The minimum absolute atomic E-state index is 0.193. The fourth-order valence-electron chi connectivity index (χ4n) is 4.49. The number of aliphatic carboxylic acids is 1. The number of carbonyl (C=O) groups is 1. The van der Waals surface area contributed by atoms with Gasteiger partial charge in [0.25, 0.3) is 0 Å². The predicted molar refractivity (Wildman–Crippen MR) is 120 cm³/mol. The molecule has 0 aromatic heterocycles. The van der Waals surface area contributed by atoms with Crippen molar-refractivity contribution in [3.05, 3.63) is 58.1 Å². The predicted octanol–water partition coefficient (Wildman–Crippen LogP) is 6.08. The molecule has 32 heavy (non-hydrogen) atoms. The van der Waals surface area contributed by atoms with Crippen molar-refractivity contribution >= 4 is 35.2 Å². The minimum atomic E-state index is -4.47. The Morgan fingerprint density at radius 2 is 2.00 bits per heavy atom.